The third-order valence-electron chi connectivity index (χ3n) is 2.63. The molecule has 0 aromatic heterocycles. The number of anilines is 1. The number of benzene rings is 1. The molecule has 0 radical (unpaired) electrons. The van der Waals surface area contributed by atoms with Crippen LogP contribution in [0.25, 0.3) is 0 Å². The average Bonchev–Trinajstić information content (AvgIpc) is 2.22. The number of nitrogens with one attached hydrogen (secondary N) is 1. The van der Waals surface area contributed by atoms with Crippen molar-refractivity contribution < 1.29 is 12.8 Å². The van der Waals surface area contributed by atoms with E-state index in [0.29, 0.717) is 5.69 Å². The Morgan fingerprint density at radius 3 is 2.53 bits per heavy atom. The van der Waals surface area contributed by atoms with Crippen molar-refractivity contribution in [3.05, 3.63) is 29.6 Å². The molecule has 0 heterocycles. The van der Waals surface area contributed by atoms with E-state index in [-0.39, 0.29) is 18.1 Å². The summed E-state index contributed by atoms with van der Waals surface area (Å²) in [5.74, 6) is -0.342. The van der Waals surface area contributed by atoms with Crippen molar-refractivity contribution in [3.63, 3.8) is 0 Å². The van der Waals surface area contributed by atoms with Gasteiger partial charge in [-0.3, -0.25) is 0 Å². The van der Waals surface area contributed by atoms with Gasteiger partial charge in [-0.1, -0.05) is 12.1 Å². The molecular weight excluding hydrogens is 241 g/mol. The summed E-state index contributed by atoms with van der Waals surface area (Å²) in [4.78, 5) is 0. The molecule has 1 N–H and O–H groups in total. The van der Waals surface area contributed by atoms with Gasteiger partial charge >= 0.3 is 0 Å². The highest BCUT2D eigenvalue weighted by Crippen LogP contribution is 2.18. The van der Waals surface area contributed by atoms with Gasteiger partial charge in [-0.05, 0) is 32.4 Å². The van der Waals surface area contributed by atoms with E-state index in [2.05, 4.69) is 5.32 Å². The minimum absolute atomic E-state index is 0.0123. The van der Waals surface area contributed by atoms with E-state index >= 15 is 0 Å². The van der Waals surface area contributed by atoms with Crippen molar-refractivity contribution >= 4 is 15.5 Å². The van der Waals surface area contributed by atoms with Gasteiger partial charge < -0.3 is 5.32 Å². The van der Waals surface area contributed by atoms with Crippen LogP contribution in [0.15, 0.2) is 18.2 Å². The zero-order chi connectivity index (χ0) is 13.1. The fourth-order valence-corrected chi connectivity index (χ4v) is 2.27. The molecule has 17 heavy (non-hydrogen) atoms. The molecule has 0 aliphatic carbocycles. The molecule has 0 amide bonds. The third kappa shape index (κ3) is 3.70. The van der Waals surface area contributed by atoms with Crippen molar-refractivity contribution in [3.8, 4) is 0 Å². The van der Waals surface area contributed by atoms with Crippen molar-refractivity contribution in [2.45, 2.75) is 26.0 Å². The Morgan fingerprint density at radius 1 is 1.35 bits per heavy atom. The molecule has 0 fully saturated rings. The minimum Gasteiger partial charge on any atom is -0.381 e. The Bertz CT molecular complexity index is 463. The van der Waals surface area contributed by atoms with E-state index in [0.717, 1.165) is 5.56 Å². The molecule has 1 aromatic rings. The van der Waals surface area contributed by atoms with Crippen LogP contribution in [-0.2, 0) is 9.84 Å². The molecule has 0 saturated heterocycles. The second kappa shape index (κ2) is 5.49. The Hall–Kier alpha value is -1.10. The van der Waals surface area contributed by atoms with Gasteiger partial charge in [-0.15, -0.1) is 0 Å². The van der Waals surface area contributed by atoms with E-state index in [1.807, 2.05) is 0 Å². The largest absolute Gasteiger partial charge is 0.381 e. The summed E-state index contributed by atoms with van der Waals surface area (Å²) in [5, 5.41) is 2.44. The molecule has 5 heteroatoms. The lowest BCUT2D eigenvalue weighted by Gasteiger charge is -2.12. The zero-order valence-electron chi connectivity index (χ0n) is 10.3. The zero-order valence-corrected chi connectivity index (χ0v) is 11.1. The molecule has 0 spiro atoms. The SMILES string of the molecule is Cc1cccc(F)c1NCCS(=O)(=O)C(C)C. The first kappa shape index (κ1) is 14.0. The van der Waals surface area contributed by atoms with Gasteiger partial charge in [0.15, 0.2) is 9.84 Å². The predicted octanol–water partition coefficient (Wildman–Crippen LogP) is 2.37. The summed E-state index contributed by atoms with van der Waals surface area (Å²) >= 11 is 0. The maximum atomic E-state index is 13.4. The molecule has 0 unspecified atom stereocenters. The van der Waals surface area contributed by atoms with E-state index < -0.39 is 15.1 Å². The summed E-state index contributed by atoms with van der Waals surface area (Å²) in [6.45, 7) is 5.29. The smallest absolute Gasteiger partial charge is 0.154 e. The standard InChI is InChI=1S/C12H18FNO2S/c1-9(2)17(15,16)8-7-14-12-10(3)5-4-6-11(12)13/h4-6,9,14H,7-8H2,1-3H3. The second-order valence-electron chi connectivity index (χ2n) is 4.27. The molecule has 96 valence electrons. The molecular formula is C12H18FNO2S. The second-order valence-corrected chi connectivity index (χ2v) is 6.95. The average molecular weight is 259 g/mol. The number of rotatable bonds is 5. The lowest BCUT2D eigenvalue weighted by molar-refractivity contribution is 0.587. The van der Waals surface area contributed by atoms with Crippen LogP contribution >= 0.6 is 0 Å². The normalized spacial score (nSPS) is 11.8. The van der Waals surface area contributed by atoms with Crippen molar-refractivity contribution in [2.75, 3.05) is 17.6 Å². The highest BCUT2D eigenvalue weighted by Gasteiger charge is 2.15. The van der Waals surface area contributed by atoms with Crippen molar-refractivity contribution in [1.29, 1.82) is 0 Å². The van der Waals surface area contributed by atoms with Gasteiger partial charge in [0, 0.05) is 6.54 Å². The fourth-order valence-electron chi connectivity index (χ4n) is 1.41. The van der Waals surface area contributed by atoms with Crippen LogP contribution in [0.3, 0.4) is 0 Å². The molecule has 0 atom stereocenters. The summed E-state index contributed by atoms with van der Waals surface area (Å²) in [5.41, 5.74) is 1.15. The maximum absolute atomic E-state index is 13.4. The number of aryl methyl sites for hydroxylation is 1. The Labute approximate surface area is 102 Å². The van der Waals surface area contributed by atoms with E-state index in [9.17, 15) is 12.8 Å². The van der Waals surface area contributed by atoms with Crippen LogP contribution in [0.5, 0.6) is 0 Å². The summed E-state index contributed by atoms with van der Waals surface area (Å²) in [7, 11) is -3.08. The van der Waals surface area contributed by atoms with Gasteiger partial charge in [0.05, 0.1) is 16.7 Å². The Morgan fingerprint density at radius 2 is 2.00 bits per heavy atom. The van der Waals surface area contributed by atoms with Gasteiger partial charge in [-0.25, -0.2) is 12.8 Å². The van der Waals surface area contributed by atoms with Gasteiger partial charge in [-0.2, -0.15) is 0 Å². The number of para-hydroxylation sites is 1. The Kier molecular flexibility index (Phi) is 4.51. The lowest BCUT2D eigenvalue weighted by atomic mass is 10.2. The van der Waals surface area contributed by atoms with Crippen LogP contribution in [0, 0.1) is 12.7 Å². The topological polar surface area (TPSA) is 46.2 Å². The number of hydrogen-bond acceptors (Lipinski definition) is 3. The third-order valence-corrected chi connectivity index (χ3v) is 4.84. The molecule has 0 saturated carbocycles. The van der Waals surface area contributed by atoms with Crippen LogP contribution < -0.4 is 5.32 Å². The minimum atomic E-state index is -3.08. The van der Waals surface area contributed by atoms with Crippen LogP contribution in [0.2, 0.25) is 0 Å². The quantitative estimate of drug-likeness (QED) is 0.883. The number of sulfone groups is 1. The van der Waals surface area contributed by atoms with Crippen molar-refractivity contribution in [1.82, 2.24) is 0 Å². The first-order valence-electron chi connectivity index (χ1n) is 5.55. The number of hydrogen-bond donors (Lipinski definition) is 1. The molecule has 3 nitrogen and oxygen atoms in total. The maximum Gasteiger partial charge on any atom is 0.154 e. The highest BCUT2D eigenvalue weighted by molar-refractivity contribution is 7.92. The predicted molar refractivity (Wildman–Crippen MR) is 68.5 cm³/mol. The summed E-state index contributed by atoms with van der Waals surface area (Å²) in [6, 6.07) is 4.76. The van der Waals surface area contributed by atoms with Crippen LogP contribution in [-0.4, -0.2) is 26.0 Å². The monoisotopic (exact) mass is 259 g/mol. The molecule has 0 aliphatic rings. The first-order chi connectivity index (χ1) is 7.84. The fraction of sp³-hybridized carbons (Fsp3) is 0.500. The van der Waals surface area contributed by atoms with E-state index in [4.69, 9.17) is 0 Å². The molecule has 0 aliphatic heterocycles. The molecule has 0 bridgehead atoms. The summed E-state index contributed by atoms with van der Waals surface area (Å²) < 4.78 is 36.5. The van der Waals surface area contributed by atoms with Gasteiger partial charge in [0.25, 0.3) is 0 Å². The first-order valence-corrected chi connectivity index (χ1v) is 7.26. The van der Waals surface area contributed by atoms with Gasteiger partial charge in [0.1, 0.15) is 5.82 Å². The molecule has 1 rings (SSSR count). The Balaban J connectivity index is 2.64. The van der Waals surface area contributed by atoms with E-state index in [1.165, 1.54) is 6.07 Å². The lowest BCUT2D eigenvalue weighted by Crippen LogP contribution is -2.23. The van der Waals surface area contributed by atoms with Crippen LogP contribution in [0.1, 0.15) is 19.4 Å². The van der Waals surface area contributed by atoms with Gasteiger partial charge in [0.2, 0.25) is 0 Å². The number of halogens is 1. The van der Waals surface area contributed by atoms with Crippen molar-refractivity contribution in [2.24, 2.45) is 0 Å². The van der Waals surface area contributed by atoms with Crippen LogP contribution in [0.4, 0.5) is 10.1 Å². The molecule has 1 aromatic carbocycles. The highest BCUT2D eigenvalue weighted by atomic mass is 32.2. The van der Waals surface area contributed by atoms with E-state index in [1.54, 1.807) is 32.9 Å². The summed E-state index contributed by atoms with van der Waals surface area (Å²) in [6.07, 6.45) is 0.